The Morgan fingerprint density at radius 3 is 1.16 bits per heavy atom. The normalized spacial score (nSPS) is 19.4. The summed E-state index contributed by atoms with van der Waals surface area (Å²) >= 11 is 0. The summed E-state index contributed by atoms with van der Waals surface area (Å²) in [5.74, 6) is -1.94. The van der Waals surface area contributed by atoms with Gasteiger partial charge in [-0.2, -0.15) is 26.3 Å². The summed E-state index contributed by atoms with van der Waals surface area (Å²) in [7, 11) is 0. The summed E-state index contributed by atoms with van der Waals surface area (Å²) in [6.07, 6.45) is -9.14. The predicted molar refractivity (Wildman–Crippen MR) is 142 cm³/mol. The summed E-state index contributed by atoms with van der Waals surface area (Å²) in [5, 5.41) is 3.17. The monoisotopic (exact) mass is 620 g/mol. The number of nitrogens with two attached hydrogens (primary N) is 2. The number of carbonyl (C=O) groups excluding carboxylic acids is 4. The van der Waals surface area contributed by atoms with Gasteiger partial charge in [0, 0.05) is 11.1 Å². The highest BCUT2D eigenvalue weighted by atomic mass is 19.4. The standard InChI is InChI=1S/C30H24F6N4O4/c31-29(32,33)19-5-1-17(2-6-19)15-37-23-13-25(41)39(27(23)43)21-9-11-22(12-10-21)40-26(42)14-24(28(40)44)38-16-18-3-7-20(8-4-18)30(34,35)36/h1-12,23-24,37-38H,13-16H2/p+2/t23-,24-/m0/s1. The minimum atomic E-state index is -4.46. The predicted octanol–water partition coefficient (Wildman–Crippen LogP) is 2.52. The van der Waals surface area contributed by atoms with E-state index in [4.69, 9.17) is 0 Å². The zero-order valence-corrected chi connectivity index (χ0v) is 22.9. The summed E-state index contributed by atoms with van der Waals surface area (Å²) in [6, 6.07) is 13.3. The molecule has 2 heterocycles. The Kier molecular flexibility index (Phi) is 8.32. The lowest BCUT2D eigenvalue weighted by atomic mass is 10.1. The molecular weight excluding hydrogens is 594 g/mol. The van der Waals surface area contributed by atoms with E-state index in [1.807, 2.05) is 0 Å². The maximum Gasteiger partial charge on any atom is 0.416 e. The molecule has 0 aromatic heterocycles. The van der Waals surface area contributed by atoms with Crippen LogP contribution >= 0.6 is 0 Å². The van der Waals surface area contributed by atoms with Crippen molar-refractivity contribution in [3.63, 3.8) is 0 Å². The molecule has 0 bridgehead atoms. The van der Waals surface area contributed by atoms with Crippen LogP contribution in [0.5, 0.6) is 0 Å². The number of hydrogen-bond donors (Lipinski definition) is 2. The number of amides is 4. The second-order valence-electron chi connectivity index (χ2n) is 10.5. The van der Waals surface area contributed by atoms with Crippen LogP contribution in [-0.2, 0) is 44.6 Å². The van der Waals surface area contributed by atoms with E-state index < -0.39 is 59.2 Å². The molecule has 3 aromatic rings. The average Bonchev–Trinajstić information content (AvgIpc) is 3.42. The van der Waals surface area contributed by atoms with Crippen molar-refractivity contribution in [3.05, 3.63) is 95.1 Å². The van der Waals surface area contributed by atoms with E-state index in [0.29, 0.717) is 11.1 Å². The lowest BCUT2D eigenvalue weighted by Crippen LogP contribution is -2.90. The smallest absolute Gasteiger partial charge is 0.332 e. The lowest BCUT2D eigenvalue weighted by molar-refractivity contribution is -0.690. The van der Waals surface area contributed by atoms with Crippen molar-refractivity contribution in [1.29, 1.82) is 0 Å². The highest BCUT2D eigenvalue weighted by molar-refractivity contribution is 6.23. The van der Waals surface area contributed by atoms with E-state index in [1.54, 1.807) is 10.6 Å². The van der Waals surface area contributed by atoms with Gasteiger partial charge in [0.05, 0.1) is 35.3 Å². The molecule has 4 amide bonds. The first-order valence-corrected chi connectivity index (χ1v) is 13.5. The van der Waals surface area contributed by atoms with Crippen LogP contribution in [0.4, 0.5) is 37.7 Å². The average molecular weight is 621 g/mol. The number of halogens is 6. The van der Waals surface area contributed by atoms with Crippen LogP contribution in [0, 0.1) is 0 Å². The van der Waals surface area contributed by atoms with Gasteiger partial charge in [-0.1, -0.05) is 24.3 Å². The Bertz CT molecular complexity index is 1450. The number of benzene rings is 3. The van der Waals surface area contributed by atoms with Crippen LogP contribution in [0.1, 0.15) is 35.1 Å². The first-order valence-electron chi connectivity index (χ1n) is 13.5. The van der Waals surface area contributed by atoms with Crippen LogP contribution < -0.4 is 20.4 Å². The van der Waals surface area contributed by atoms with Gasteiger partial charge >= 0.3 is 12.4 Å². The van der Waals surface area contributed by atoms with Crippen LogP contribution in [0.3, 0.4) is 0 Å². The Labute approximate surface area is 246 Å². The van der Waals surface area contributed by atoms with Crippen molar-refractivity contribution in [2.24, 2.45) is 0 Å². The first kappa shape index (κ1) is 30.9. The molecular formula is C30H26F6N4O4+2. The molecule has 0 saturated carbocycles. The molecule has 14 heteroatoms. The van der Waals surface area contributed by atoms with Crippen molar-refractivity contribution >= 4 is 35.0 Å². The fourth-order valence-corrected chi connectivity index (χ4v) is 5.19. The van der Waals surface area contributed by atoms with Gasteiger partial charge in [0.2, 0.25) is 11.8 Å². The highest BCUT2D eigenvalue weighted by Gasteiger charge is 2.44. The van der Waals surface area contributed by atoms with E-state index >= 15 is 0 Å². The molecule has 0 aliphatic carbocycles. The molecule has 0 radical (unpaired) electrons. The van der Waals surface area contributed by atoms with Crippen LogP contribution in [-0.4, -0.2) is 35.7 Å². The fourth-order valence-electron chi connectivity index (χ4n) is 5.19. The Morgan fingerprint density at radius 1 is 0.545 bits per heavy atom. The van der Waals surface area contributed by atoms with Crippen LogP contribution in [0.15, 0.2) is 72.8 Å². The number of carbonyl (C=O) groups is 4. The number of alkyl halides is 6. The molecule has 2 saturated heterocycles. The van der Waals surface area contributed by atoms with Gasteiger partial charge in [0.15, 0.2) is 12.1 Å². The summed E-state index contributed by atoms with van der Waals surface area (Å²) < 4.78 is 76.7. The lowest BCUT2D eigenvalue weighted by Gasteiger charge is -2.18. The van der Waals surface area contributed by atoms with Crippen molar-refractivity contribution in [1.82, 2.24) is 0 Å². The van der Waals surface area contributed by atoms with Crippen LogP contribution in [0.2, 0.25) is 0 Å². The molecule has 4 N–H and O–H groups in total. The van der Waals surface area contributed by atoms with E-state index in [2.05, 4.69) is 0 Å². The molecule has 230 valence electrons. The summed E-state index contributed by atoms with van der Waals surface area (Å²) in [4.78, 5) is 53.4. The zero-order chi connectivity index (χ0) is 31.8. The van der Waals surface area contributed by atoms with Crippen molar-refractivity contribution < 1.29 is 56.2 Å². The van der Waals surface area contributed by atoms with Gasteiger partial charge < -0.3 is 10.6 Å². The van der Waals surface area contributed by atoms with E-state index in [1.165, 1.54) is 48.5 Å². The second kappa shape index (κ2) is 11.8. The molecule has 2 atom stereocenters. The Balaban J connectivity index is 1.18. The maximum atomic E-state index is 13.0. The van der Waals surface area contributed by atoms with Crippen LogP contribution in [0.25, 0.3) is 0 Å². The van der Waals surface area contributed by atoms with Crippen molar-refractivity contribution in [2.45, 2.75) is 50.4 Å². The third-order valence-electron chi connectivity index (χ3n) is 7.57. The molecule has 2 aliphatic rings. The minimum Gasteiger partial charge on any atom is -0.332 e. The van der Waals surface area contributed by atoms with Crippen molar-refractivity contribution in [2.75, 3.05) is 9.80 Å². The van der Waals surface area contributed by atoms with Crippen molar-refractivity contribution in [3.8, 4) is 0 Å². The number of anilines is 2. The topological polar surface area (TPSA) is 108 Å². The van der Waals surface area contributed by atoms with Gasteiger partial charge in [0.1, 0.15) is 13.1 Å². The second-order valence-corrected chi connectivity index (χ2v) is 10.5. The van der Waals surface area contributed by atoms with Gasteiger partial charge in [-0.15, -0.1) is 0 Å². The SMILES string of the molecule is O=C1C[C@H]([NH2+]Cc2ccc(C(F)(F)F)cc2)C(=O)N1c1ccc(N2C(=O)C[C@H]([NH2+]Cc3ccc(C(F)(F)F)cc3)C2=O)cc1. The molecule has 3 aromatic carbocycles. The first-order chi connectivity index (χ1) is 20.7. The molecule has 0 unspecified atom stereocenters. The summed E-state index contributed by atoms with van der Waals surface area (Å²) in [5.41, 5.74) is 0.00320. The quantitative estimate of drug-likeness (QED) is 0.298. The van der Waals surface area contributed by atoms with Gasteiger partial charge in [-0.05, 0) is 48.5 Å². The maximum absolute atomic E-state index is 13.0. The largest absolute Gasteiger partial charge is 0.416 e. The van der Waals surface area contributed by atoms with E-state index in [9.17, 15) is 45.5 Å². The molecule has 44 heavy (non-hydrogen) atoms. The van der Waals surface area contributed by atoms with Gasteiger partial charge in [-0.3, -0.25) is 19.2 Å². The molecule has 2 aliphatic heterocycles. The van der Waals surface area contributed by atoms with Gasteiger partial charge in [0.25, 0.3) is 11.8 Å². The third-order valence-corrected chi connectivity index (χ3v) is 7.57. The molecule has 8 nitrogen and oxygen atoms in total. The highest BCUT2D eigenvalue weighted by Crippen LogP contribution is 2.31. The Hall–Kier alpha value is -4.56. The number of imide groups is 2. The summed E-state index contributed by atoms with van der Waals surface area (Å²) in [6.45, 7) is 0.371. The Morgan fingerprint density at radius 2 is 0.864 bits per heavy atom. The molecule has 2 fully saturated rings. The van der Waals surface area contributed by atoms with Gasteiger partial charge in [-0.25, -0.2) is 9.80 Å². The number of quaternary nitrogens is 2. The fraction of sp³-hybridized carbons (Fsp3) is 0.267. The third kappa shape index (κ3) is 6.50. The number of nitrogens with zero attached hydrogens (tertiary/aromatic N) is 2. The van der Waals surface area contributed by atoms with E-state index in [-0.39, 0.29) is 37.3 Å². The molecule has 0 spiro atoms. The number of rotatable bonds is 8. The molecule has 5 rings (SSSR count). The number of hydrogen-bond acceptors (Lipinski definition) is 4. The minimum absolute atomic E-state index is 0.110. The zero-order valence-electron chi connectivity index (χ0n) is 22.9. The van der Waals surface area contributed by atoms with E-state index in [0.717, 1.165) is 34.1 Å².